The van der Waals surface area contributed by atoms with Gasteiger partial charge in [0.15, 0.2) is 0 Å². The lowest BCUT2D eigenvalue weighted by molar-refractivity contribution is 0.134. The third-order valence-electron chi connectivity index (χ3n) is 4.04. The summed E-state index contributed by atoms with van der Waals surface area (Å²) in [6, 6.07) is 8.86. The van der Waals surface area contributed by atoms with Crippen molar-refractivity contribution in [3.8, 4) is 11.5 Å². The second-order valence-electron chi connectivity index (χ2n) is 5.87. The number of hydrogen-bond donors (Lipinski definition) is 2. The summed E-state index contributed by atoms with van der Waals surface area (Å²) in [5.41, 5.74) is 0.886. The van der Waals surface area contributed by atoms with Crippen molar-refractivity contribution in [3.05, 3.63) is 58.9 Å². The van der Waals surface area contributed by atoms with Gasteiger partial charge in [-0.25, -0.2) is 22.3 Å². The van der Waals surface area contributed by atoms with Crippen LogP contribution in [0.3, 0.4) is 0 Å². The van der Waals surface area contributed by atoms with E-state index < -0.39 is 27.7 Å². The van der Waals surface area contributed by atoms with Crippen LogP contribution in [0.2, 0.25) is 0 Å². The van der Waals surface area contributed by atoms with Crippen LogP contribution in [0, 0.1) is 5.82 Å². The monoisotopic (exact) mass is 380 g/mol. The SMILES string of the molecule is CNS(=O)(=O)Cc1cccc(CN2Cc3ccc(O)cc3OC2=O)c1F. The van der Waals surface area contributed by atoms with E-state index in [1.54, 1.807) is 12.1 Å². The summed E-state index contributed by atoms with van der Waals surface area (Å²) in [5.74, 6) is -0.916. The maximum absolute atomic E-state index is 14.7. The smallest absolute Gasteiger partial charge is 0.415 e. The first kappa shape index (κ1) is 18.2. The fourth-order valence-electron chi connectivity index (χ4n) is 2.67. The fraction of sp³-hybridized carbons (Fsp3) is 0.235. The van der Waals surface area contributed by atoms with E-state index in [1.165, 1.54) is 36.2 Å². The Hall–Kier alpha value is -2.65. The minimum absolute atomic E-state index is 0.0190. The molecular formula is C17H17FN2O5S. The van der Waals surface area contributed by atoms with Gasteiger partial charge < -0.3 is 9.84 Å². The van der Waals surface area contributed by atoms with Gasteiger partial charge in [0.25, 0.3) is 0 Å². The van der Waals surface area contributed by atoms with Crippen molar-refractivity contribution >= 4 is 16.1 Å². The summed E-state index contributed by atoms with van der Waals surface area (Å²) in [4.78, 5) is 13.4. The summed E-state index contributed by atoms with van der Waals surface area (Å²) >= 11 is 0. The number of benzene rings is 2. The number of amides is 1. The summed E-state index contributed by atoms with van der Waals surface area (Å²) in [6.45, 7) is 0.116. The molecule has 0 aromatic heterocycles. The fourth-order valence-corrected chi connectivity index (χ4v) is 3.44. The first-order valence-corrected chi connectivity index (χ1v) is 9.40. The molecule has 0 spiro atoms. The van der Waals surface area contributed by atoms with E-state index in [1.807, 2.05) is 0 Å². The Kier molecular flexibility index (Phi) is 4.84. The number of phenolic OH excluding ortho intramolecular Hbond substituents is 1. The molecule has 0 radical (unpaired) electrons. The highest BCUT2D eigenvalue weighted by atomic mass is 32.2. The quantitative estimate of drug-likeness (QED) is 0.828. The Morgan fingerprint density at radius 1 is 1.27 bits per heavy atom. The largest absolute Gasteiger partial charge is 0.508 e. The molecule has 1 amide bonds. The number of fused-ring (bicyclic) bond motifs is 1. The number of aromatic hydroxyl groups is 1. The van der Waals surface area contributed by atoms with Gasteiger partial charge in [0.1, 0.15) is 17.3 Å². The molecular weight excluding hydrogens is 363 g/mol. The van der Waals surface area contributed by atoms with E-state index in [0.717, 1.165) is 0 Å². The van der Waals surface area contributed by atoms with E-state index in [9.17, 15) is 22.7 Å². The van der Waals surface area contributed by atoms with Crippen LogP contribution in [-0.2, 0) is 28.9 Å². The number of ether oxygens (including phenoxy) is 1. The van der Waals surface area contributed by atoms with E-state index >= 15 is 0 Å². The molecule has 9 heteroatoms. The second kappa shape index (κ2) is 6.93. The number of sulfonamides is 1. The van der Waals surface area contributed by atoms with Crippen LogP contribution in [-0.4, -0.2) is 31.6 Å². The summed E-state index contributed by atoms with van der Waals surface area (Å²) in [7, 11) is -2.36. The number of rotatable bonds is 5. The summed E-state index contributed by atoms with van der Waals surface area (Å²) in [6.07, 6.45) is -0.671. The third kappa shape index (κ3) is 3.78. The highest BCUT2D eigenvalue weighted by Crippen LogP contribution is 2.30. The van der Waals surface area contributed by atoms with Crippen molar-refractivity contribution in [3.63, 3.8) is 0 Å². The number of carbonyl (C=O) groups is 1. The Morgan fingerprint density at radius 2 is 2.00 bits per heavy atom. The van der Waals surface area contributed by atoms with Gasteiger partial charge in [-0.2, -0.15) is 0 Å². The predicted molar refractivity (Wildman–Crippen MR) is 91.5 cm³/mol. The molecule has 0 saturated carbocycles. The van der Waals surface area contributed by atoms with Crippen molar-refractivity contribution < 1.29 is 27.4 Å². The van der Waals surface area contributed by atoms with Crippen LogP contribution in [0.1, 0.15) is 16.7 Å². The topological polar surface area (TPSA) is 95.9 Å². The Balaban J connectivity index is 1.83. The molecule has 2 N–H and O–H groups in total. The molecule has 1 heterocycles. The van der Waals surface area contributed by atoms with E-state index in [4.69, 9.17) is 4.74 Å². The molecule has 3 rings (SSSR count). The molecule has 2 aromatic carbocycles. The summed E-state index contributed by atoms with van der Waals surface area (Å²) in [5, 5.41) is 9.45. The van der Waals surface area contributed by atoms with Gasteiger partial charge in [-0.3, -0.25) is 4.90 Å². The number of phenols is 1. The Bertz CT molecular complexity index is 962. The zero-order chi connectivity index (χ0) is 18.9. The molecule has 1 aliphatic rings. The third-order valence-corrected chi connectivity index (χ3v) is 5.36. The van der Waals surface area contributed by atoms with E-state index in [-0.39, 0.29) is 35.7 Å². The number of hydrogen-bond acceptors (Lipinski definition) is 5. The molecule has 0 aliphatic carbocycles. The second-order valence-corrected chi connectivity index (χ2v) is 7.80. The van der Waals surface area contributed by atoms with Gasteiger partial charge in [0.2, 0.25) is 10.0 Å². The molecule has 0 unspecified atom stereocenters. The molecule has 7 nitrogen and oxygen atoms in total. The average molecular weight is 380 g/mol. The van der Waals surface area contributed by atoms with Crippen LogP contribution >= 0.6 is 0 Å². The van der Waals surface area contributed by atoms with Crippen LogP contribution in [0.5, 0.6) is 11.5 Å². The lowest BCUT2D eigenvalue weighted by atomic mass is 10.1. The predicted octanol–water partition coefficient (Wildman–Crippen LogP) is 2.10. The van der Waals surface area contributed by atoms with Crippen LogP contribution in [0.15, 0.2) is 36.4 Å². The molecule has 0 atom stereocenters. The van der Waals surface area contributed by atoms with Crippen molar-refractivity contribution in [2.24, 2.45) is 0 Å². The number of nitrogens with zero attached hydrogens (tertiary/aromatic N) is 1. The minimum Gasteiger partial charge on any atom is -0.508 e. The maximum Gasteiger partial charge on any atom is 0.415 e. The average Bonchev–Trinajstić information content (AvgIpc) is 2.59. The van der Waals surface area contributed by atoms with Crippen LogP contribution in [0.25, 0.3) is 0 Å². The van der Waals surface area contributed by atoms with Crippen LogP contribution in [0.4, 0.5) is 9.18 Å². The van der Waals surface area contributed by atoms with Gasteiger partial charge in [-0.1, -0.05) is 18.2 Å². The van der Waals surface area contributed by atoms with Gasteiger partial charge >= 0.3 is 6.09 Å². The lowest BCUT2D eigenvalue weighted by Gasteiger charge is -2.28. The van der Waals surface area contributed by atoms with E-state index in [2.05, 4.69) is 4.72 Å². The van der Waals surface area contributed by atoms with Gasteiger partial charge in [0, 0.05) is 22.8 Å². The van der Waals surface area contributed by atoms with Crippen molar-refractivity contribution in [1.29, 1.82) is 0 Å². The molecule has 138 valence electrons. The highest BCUT2D eigenvalue weighted by Gasteiger charge is 2.26. The molecule has 1 aliphatic heterocycles. The normalized spacial score (nSPS) is 14.1. The first-order valence-electron chi connectivity index (χ1n) is 7.75. The molecule has 2 aromatic rings. The summed E-state index contributed by atoms with van der Waals surface area (Å²) < 4.78 is 45.3. The maximum atomic E-state index is 14.7. The molecule has 0 bridgehead atoms. The van der Waals surface area contributed by atoms with Crippen molar-refractivity contribution in [2.75, 3.05) is 7.05 Å². The zero-order valence-corrected chi connectivity index (χ0v) is 14.7. The lowest BCUT2D eigenvalue weighted by Crippen LogP contribution is -2.36. The van der Waals surface area contributed by atoms with Gasteiger partial charge in [0.05, 0.1) is 18.8 Å². The highest BCUT2D eigenvalue weighted by molar-refractivity contribution is 7.88. The number of nitrogens with one attached hydrogen (secondary N) is 1. The Morgan fingerprint density at radius 3 is 2.73 bits per heavy atom. The Labute approximate surface area is 150 Å². The minimum atomic E-state index is -3.62. The molecule has 0 saturated heterocycles. The molecule has 0 fully saturated rings. The van der Waals surface area contributed by atoms with Crippen LogP contribution < -0.4 is 9.46 Å². The van der Waals surface area contributed by atoms with Gasteiger partial charge in [-0.05, 0) is 19.2 Å². The number of carbonyl (C=O) groups excluding carboxylic acids is 1. The molecule has 26 heavy (non-hydrogen) atoms. The first-order chi connectivity index (χ1) is 12.3. The number of halogens is 1. The zero-order valence-electron chi connectivity index (χ0n) is 13.9. The van der Waals surface area contributed by atoms with E-state index in [0.29, 0.717) is 5.56 Å². The standard InChI is InChI=1S/C17H17FN2O5S/c1-19-26(23,24)10-13-4-2-3-12(16(13)18)9-20-8-11-5-6-14(21)7-15(11)25-17(20)22/h2-7,19,21H,8-10H2,1H3. The van der Waals surface area contributed by atoms with Gasteiger partial charge in [-0.15, -0.1) is 0 Å². The van der Waals surface area contributed by atoms with Crippen molar-refractivity contribution in [1.82, 2.24) is 9.62 Å². The van der Waals surface area contributed by atoms with Crippen molar-refractivity contribution in [2.45, 2.75) is 18.8 Å².